The van der Waals surface area contributed by atoms with Crippen molar-refractivity contribution in [3.05, 3.63) is 47.2 Å². The number of methoxy groups -OCH3 is 1. The SMILES string of the molecule is COc1ccc(-c2cnc(Cl)c(C(=O)O)c2)cc1. The van der Waals surface area contributed by atoms with E-state index in [1.165, 1.54) is 12.3 Å². The maximum absolute atomic E-state index is 11.0. The van der Waals surface area contributed by atoms with Crippen molar-refractivity contribution in [2.75, 3.05) is 7.11 Å². The third-order valence-corrected chi connectivity index (χ3v) is 2.79. The Morgan fingerprint density at radius 3 is 2.50 bits per heavy atom. The molecule has 0 radical (unpaired) electrons. The molecule has 18 heavy (non-hydrogen) atoms. The second-order valence-electron chi connectivity index (χ2n) is 3.60. The molecule has 1 N–H and O–H groups in total. The highest BCUT2D eigenvalue weighted by Crippen LogP contribution is 2.25. The summed E-state index contributed by atoms with van der Waals surface area (Å²) in [7, 11) is 1.58. The number of ether oxygens (including phenoxy) is 1. The van der Waals surface area contributed by atoms with Crippen LogP contribution in [-0.4, -0.2) is 23.2 Å². The Bertz CT molecular complexity index is 581. The number of aromatic carboxylic acids is 1. The van der Waals surface area contributed by atoms with Crippen molar-refractivity contribution in [3.8, 4) is 16.9 Å². The number of carboxylic acid groups (broad SMARTS) is 1. The lowest BCUT2D eigenvalue weighted by Crippen LogP contribution is -1.99. The number of pyridine rings is 1. The molecule has 1 aromatic heterocycles. The largest absolute Gasteiger partial charge is 0.497 e. The van der Waals surface area contributed by atoms with Crippen LogP contribution in [0.4, 0.5) is 0 Å². The second kappa shape index (κ2) is 5.06. The lowest BCUT2D eigenvalue weighted by atomic mass is 10.1. The van der Waals surface area contributed by atoms with Crippen molar-refractivity contribution in [1.29, 1.82) is 0 Å². The summed E-state index contributed by atoms with van der Waals surface area (Å²) in [5.41, 5.74) is 1.53. The average molecular weight is 264 g/mol. The van der Waals surface area contributed by atoms with Crippen LogP contribution in [0, 0.1) is 0 Å². The van der Waals surface area contributed by atoms with Crippen molar-refractivity contribution in [3.63, 3.8) is 0 Å². The first-order valence-corrected chi connectivity index (χ1v) is 5.53. The van der Waals surface area contributed by atoms with E-state index < -0.39 is 5.97 Å². The van der Waals surface area contributed by atoms with Crippen LogP contribution in [0.5, 0.6) is 5.75 Å². The zero-order valence-corrected chi connectivity index (χ0v) is 10.3. The molecule has 0 aliphatic heterocycles. The van der Waals surface area contributed by atoms with Crippen molar-refractivity contribution in [2.24, 2.45) is 0 Å². The van der Waals surface area contributed by atoms with Crippen LogP contribution in [0.25, 0.3) is 11.1 Å². The van der Waals surface area contributed by atoms with Crippen molar-refractivity contribution < 1.29 is 14.6 Å². The summed E-state index contributed by atoms with van der Waals surface area (Å²) in [6.07, 6.45) is 1.54. The topological polar surface area (TPSA) is 59.4 Å². The summed E-state index contributed by atoms with van der Waals surface area (Å²) in [6, 6.07) is 8.75. The third-order valence-electron chi connectivity index (χ3n) is 2.49. The molecule has 0 saturated heterocycles. The minimum absolute atomic E-state index is 0.00927. The Balaban J connectivity index is 2.44. The summed E-state index contributed by atoms with van der Waals surface area (Å²) in [4.78, 5) is 14.8. The summed E-state index contributed by atoms with van der Waals surface area (Å²) >= 11 is 5.71. The molecule has 2 aromatic rings. The summed E-state index contributed by atoms with van der Waals surface area (Å²) in [5, 5.41) is 8.96. The molecule has 5 heteroatoms. The van der Waals surface area contributed by atoms with Crippen LogP contribution in [0.2, 0.25) is 5.15 Å². The number of carboxylic acids is 1. The Morgan fingerprint density at radius 2 is 1.94 bits per heavy atom. The minimum atomic E-state index is -1.09. The molecule has 0 atom stereocenters. The predicted octanol–water partition coefficient (Wildman–Crippen LogP) is 3.11. The van der Waals surface area contributed by atoms with Gasteiger partial charge in [0.15, 0.2) is 0 Å². The van der Waals surface area contributed by atoms with E-state index in [1.54, 1.807) is 19.2 Å². The van der Waals surface area contributed by atoms with Gasteiger partial charge in [-0.3, -0.25) is 0 Å². The third kappa shape index (κ3) is 2.43. The average Bonchev–Trinajstić information content (AvgIpc) is 2.39. The van der Waals surface area contributed by atoms with Crippen LogP contribution in [0.3, 0.4) is 0 Å². The fraction of sp³-hybridized carbons (Fsp3) is 0.0769. The molecule has 0 saturated carbocycles. The Labute approximate surface area is 109 Å². The number of aromatic nitrogens is 1. The van der Waals surface area contributed by atoms with Gasteiger partial charge in [-0.25, -0.2) is 9.78 Å². The molecular weight excluding hydrogens is 254 g/mol. The molecule has 0 fully saturated rings. The molecule has 4 nitrogen and oxygen atoms in total. The van der Waals surface area contributed by atoms with E-state index in [0.29, 0.717) is 5.56 Å². The van der Waals surface area contributed by atoms with Crippen molar-refractivity contribution in [2.45, 2.75) is 0 Å². The van der Waals surface area contributed by atoms with E-state index in [1.807, 2.05) is 12.1 Å². The smallest absolute Gasteiger partial charge is 0.338 e. The van der Waals surface area contributed by atoms with E-state index in [9.17, 15) is 4.79 Å². The Morgan fingerprint density at radius 1 is 1.28 bits per heavy atom. The summed E-state index contributed by atoms with van der Waals surface area (Å²) in [5.74, 6) is -0.359. The van der Waals surface area contributed by atoms with Gasteiger partial charge in [0.2, 0.25) is 0 Å². The van der Waals surface area contributed by atoms with Gasteiger partial charge < -0.3 is 9.84 Å². The first-order chi connectivity index (χ1) is 8.61. The highest BCUT2D eigenvalue weighted by Gasteiger charge is 2.11. The molecule has 0 unspecified atom stereocenters. The van der Waals surface area contributed by atoms with Crippen molar-refractivity contribution in [1.82, 2.24) is 4.98 Å². The molecular formula is C13H10ClNO3. The lowest BCUT2D eigenvalue weighted by molar-refractivity contribution is 0.0696. The molecule has 0 amide bonds. The summed E-state index contributed by atoms with van der Waals surface area (Å²) < 4.78 is 5.06. The first kappa shape index (κ1) is 12.4. The van der Waals surface area contributed by atoms with Gasteiger partial charge >= 0.3 is 5.97 Å². The zero-order chi connectivity index (χ0) is 13.1. The molecule has 1 heterocycles. The molecule has 0 spiro atoms. The Kier molecular flexibility index (Phi) is 3.48. The number of nitrogens with zero attached hydrogens (tertiary/aromatic N) is 1. The maximum atomic E-state index is 11.0. The fourth-order valence-corrected chi connectivity index (χ4v) is 1.72. The quantitative estimate of drug-likeness (QED) is 0.865. The van der Waals surface area contributed by atoms with Gasteiger partial charge in [0.25, 0.3) is 0 Å². The molecule has 1 aromatic carbocycles. The van der Waals surface area contributed by atoms with Gasteiger partial charge in [0.1, 0.15) is 10.9 Å². The molecule has 0 aliphatic carbocycles. The summed E-state index contributed by atoms with van der Waals surface area (Å²) in [6.45, 7) is 0. The van der Waals surface area contributed by atoms with Crippen LogP contribution in [0.15, 0.2) is 36.5 Å². The fourth-order valence-electron chi connectivity index (χ4n) is 1.54. The standard InChI is InChI=1S/C13H10ClNO3/c1-18-10-4-2-8(3-5-10)9-6-11(13(16)17)12(14)15-7-9/h2-7H,1H3,(H,16,17). The van der Waals surface area contributed by atoms with E-state index >= 15 is 0 Å². The van der Waals surface area contributed by atoms with E-state index in [0.717, 1.165) is 11.3 Å². The number of hydrogen-bond donors (Lipinski definition) is 1. The zero-order valence-electron chi connectivity index (χ0n) is 9.55. The second-order valence-corrected chi connectivity index (χ2v) is 3.95. The molecule has 92 valence electrons. The number of halogens is 1. The van der Waals surface area contributed by atoms with Crippen LogP contribution in [-0.2, 0) is 0 Å². The van der Waals surface area contributed by atoms with Gasteiger partial charge in [-0.2, -0.15) is 0 Å². The molecule has 2 rings (SSSR count). The van der Waals surface area contributed by atoms with Crippen LogP contribution < -0.4 is 4.74 Å². The monoisotopic (exact) mass is 263 g/mol. The molecule has 0 aliphatic rings. The van der Waals surface area contributed by atoms with Crippen LogP contribution >= 0.6 is 11.6 Å². The van der Waals surface area contributed by atoms with Crippen molar-refractivity contribution >= 4 is 17.6 Å². The normalized spacial score (nSPS) is 10.1. The van der Waals surface area contributed by atoms with E-state index in [-0.39, 0.29) is 10.7 Å². The van der Waals surface area contributed by atoms with Gasteiger partial charge in [-0.15, -0.1) is 0 Å². The number of carbonyl (C=O) groups is 1. The lowest BCUT2D eigenvalue weighted by Gasteiger charge is -2.05. The Hall–Kier alpha value is -2.07. The molecule has 0 bridgehead atoms. The van der Waals surface area contributed by atoms with Gasteiger partial charge in [-0.1, -0.05) is 23.7 Å². The highest BCUT2D eigenvalue weighted by atomic mass is 35.5. The van der Waals surface area contributed by atoms with Crippen LogP contribution in [0.1, 0.15) is 10.4 Å². The van der Waals surface area contributed by atoms with Gasteiger partial charge in [0.05, 0.1) is 12.7 Å². The minimum Gasteiger partial charge on any atom is -0.497 e. The highest BCUT2D eigenvalue weighted by molar-refractivity contribution is 6.32. The van der Waals surface area contributed by atoms with E-state index in [4.69, 9.17) is 21.4 Å². The number of benzene rings is 1. The number of rotatable bonds is 3. The van der Waals surface area contributed by atoms with Gasteiger partial charge in [-0.05, 0) is 23.8 Å². The van der Waals surface area contributed by atoms with E-state index in [2.05, 4.69) is 4.98 Å². The maximum Gasteiger partial charge on any atom is 0.338 e. The number of hydrogen-bond acceptors (Lipinski definition) is 3. The van der Waals surface area contributed by atoms with Gasteiger partial charge in [0, 0.05) is 11.8 Å². The predicted molar refractivity (Wildman–Crippen MR) is 68.2 cm³/mol. The first-order valence-electron chi connectivity index (χ1n) is 5.15.